The molecule has 1 saturated heterocycles. The summed E-state index contributed by atoms with van der Waals surface area (Å²) in [5.41, 5.74) is 2.53. The van der Waals surface area contributed by atoms with Crippen LogP contribution in [0.15, 0.2) is 57.7 Å². The summed E-state index contributed by atoms with van der Waals surface area (Å²) in [6, 6.07) is 14.1. The molecule has 0 saturated carbocycles. The molecule has 1 aromatic heterocycles. The van der Waals surface area contributed by atoms with Gasteiger partial charge in [-0.15, -0.1) is 0 Å². The summed E-state index contributed by atoms with van der Waals surface area (Å²) < 4.78 is 20.0. The SMILES string of the molecule is O=c1oc2ccccc2n1CCN1CCN(c2ccc(F)cc2)CC1. The number of para-hydroxylation sites is 2. The average molecular weight is 341 g/mol. The number of rotatable bonds is 4. The Balaban J connectivity index is 1.36. The van der Waals surface area contributed by atoms with Gasteiger partial charge in [0, 0.05) is 45.0 Å². The van der Waals surface area contributed by atoms with Crippen LogP contribution < -0.4 is 10.7 Å². The number of aromatic nitrogens is 1. The zero-order chi connectivity index (χ0) is 17.2. The van der Waals surface area contributed by atoms with Gasteiger partial charge in [-0.2, -0.15) is 0 Å². The van der Waals surface area contributed by atoms with Crippen LogP contribution in [0.1, 0.15) is 0 Å². The summed E-state index contributed by atoms with van der Waals surface area (Å²) >= 11 is 0. The van der Waals surface area contributed by atoms with Crippen molar-refractivity contribution in [3.8, 4) is 0 Å². The Kier molecular flexibility index (Phi) is 4.28. The van der Waals surface area contributed by atoms with E-state index in [1.807, 2.05) is 36.4 Å². The molecule has 0 amide bonds. The Hall–Kier alpha value is -2.60. The predicted molar refractivity (Wildman–Crippen MR) is 95.5 cm³/mol. The van der Waals surface area contributed by atoms with Gasteiger partial charge in [0.2, 0.25) is 0 Å². The highest BCUT2D eigenvalue weighted by atomic mass is 19.1. The fraction of sp³-hybridized carbons (Fsp3) is 0.316. The summed E-state index contributed by atoms with van der Waals surface area (Å²) in [4.78, 5) is 16.6. The monoisotopic (exact) mass is 341 g/mol. The first-order valence-corrected chi connectivity index (χ1v) is 8.52. The van der Waals surface area contributed by atoms with E-state index >= 15 is 0 Å². The number of piperazine rings is 1. The fourth-order valence-electron chi connectivity index (χ4n) is 3.35. The third-order valence-corrected chi connectivity index (χ3v) is 4.78. The number of fused-ring (bicyclic) bond motifs is 1. The third-order valence-electron chi connectivity index (χ3n) is 4.78. The third kappa shape index (κ3) is 3.30. The Morgan fingerprint density at radius 3 is 2.40 bits per heavy atom. The Morgan fingerprint density at radius 2 is 1.64 bits per heavy atom. The molecule has 0 atom stereocenters. The molecule has 0 radical (unpaired) electrons. The van der Waals surface area contributed by atoms with Crippen molar-refractivity contribution in [3.05, 3.63) is 64.9 Å². The van der Waals surface area contributed by atoms with E-state index in [0.717, 1.165) is 43.9 Å². The summed E-state index contributed by atoms with van der Waals surface area (Å²) in [5, 5.41) is 0. The average Bonchev–Trinajstić information content (AvgIpc) is 2.96. The van der Waals surface area contributed by atoms with Crippen LogP contribution in [0.5, 0.6) is 0 Å². The molecule has 6 heteroatoms. The number of oxazole rings is 1. The summed E-state index contributed by atoms with van der Waals surface area (Å²) in [5.74, 6) is -0.508. The molecule has 130 valence electrons. The lowest BCUT2D eigenvalue weighted by Crippen LogP contribution is -2.47. The number of hydrogen-bond acceptors (Lipinski definition) is 4. The highest BCUT2D eigenvalue weighted by Crippen LogP contribution is 2.17. The van der Waals surface area contributed by atoms with Crippen LogP contribution in [0.25, 0.3) is 11.1 Å². The predicted octanol–water partition coefficient (Wildman–Crippen LogP) is 2.56. The quantitative estimate of drug-likeness (QED) is 0.731. The molecule has 0 unspecified atom stereocenters. The highest BCUT2D eigenvalue weighted by Gasteiger charge is 2.18. The molecule has 4 rings (SSSR count). The molecule has 0 N–H and O–H groups in total. The number of benzene rings is 2. The second kappa shape index (κ2) is 6.72. The molecule has 3 aromatic rings. The first-order valence-electron chi connectivity index (χ1n) is 8.52. The Labute approximate surface area is 144 Å². The largest absolute Gasteiger partial charge is 0.419 e. The van der Waals surface area contributed by atoms with Crippen LogP contribution in [0.2, 0.25) is 0 Å². The lowest BCUT2D eigenvalue weighted by atomic mass is 10.2. The number of hydrogen-bond donors (Lipinski definition) is 0. The van der Waals surface area contributed by atoms with Crippen LogP contribution in [-0.2, 0) is 6.54 Å². The maximum atomic E-state index is 13.0. The summed E-state index contributed by atoms with van der Waals surface area (Å²) in [7, 11) is 0. The zero-order valence-electron chi connectivity index (χ0n) is 13.9. The second-order valence-corrected chi connectivity index (χ2v) is 6.29. The standard InChI is InChI=1S/C19H20FN3O2/c20-15-5-7-16(8-6-15)22-12-9-21(10-13-22)11-14-23-17-3-1-2-4-18(17)25-19(23)24/h1-8H,9-14H2. The van der Waals surface area contributed by atoms with Gasteiger partial charge in [0.25, 0.3) is 0 Å². The van der Waals surface area contributed by atoms with Gasteiger partial charge in [0.15, 0.2) is 5.58 Å². The van der Waals surface area contributed by atoms with E-state index in [-0.39, 0.29) is 11.6 Å². The normalized spacial score (nSPS) is 15.8. The van der Waals surface area contributed by atoms with Gasteiger partial charge >= 0.3 is 5.76 Å². The first kappa shape index (κ1) is 15.9. The molecule has 1 fully saturated rings. The molecule has 0 spiro atoms. The number of halogens is 1. The maximum Gasteiger partial charge on any atom is 0.419 e. The van der Waals surface area contributed by atoms with Gasteiger partial charge in [-0.25, -0.2) is 9.18 Å². The lowest BCUT2D eigenvalue weighted by Gasteiger charge is -2.36. The van der Waals surface area contributed by atoms with Crippen LogP contribution in [0, 0.1) is 5.82 Å². The van der Waals surface area contributed by atoms with E-state index in [1.165, 1.54) is 12.1 Å². The van der Waals surface area contributed by atoms with E-state index < -0.39 is 0 Å². The number of nitrogens with zero attached hydrogens (tertiary/aromatic N) is 3. The molecule has 1 aliphatic rings. The number of anilines is 1. The molecule has 5 nitrogen and oxygen atoms in total. The Bertz CT molecular complexity index is 908. The molecule has 0 aliphatic carbocycles. The van der Waals surface area contributed by atoms with Crippen molar-refractivity contribution < 1.29 is 8.81 Å². The molecular formula is C19H20FN3O2. The zero-order valence-corrected chi connectivity index (χ0v) is 13.9. The highest BCUT2D eigenvalue weighted by molar-refractivity contribution is 5.72. The first-order chi connectivity index (χ1) is 12.2. The molecule has 25 heavy (non-hydrogen) atoms. The van der Waals surface area contributed by atoms with Crippen LogP contribution in [0.3, 0.4) is 0 Å². The van der Waals surface area contributed by atoms with Gasteiger partial charge < -0.3 is 9.32 Å². The molecule has 0 bridgehead atoms. The van der Waals surface area contributed by atoms with Crippen molar-refractivity contribution in [2.75, 3.05) is 37.6 Å². The van der Waals surface area contributed by atoms with Gasteiger partial charge in [0.1, 0.15) is 5.82 Å². The lowest BCUT2D eigenvalue weighted by molar-refractivity contribution is 0.246. The van der Waals surface area contributed by atoms with Gasteiger partial charge in [-0.05, 0) is 36.4 Å². The molecular weight excluding hydrogens is 321 g/mol. The molecule has 2 heterocycles. The van der Waals surface area contributed by atoms with Crippen molar-refractivity contribution in [2.45, 2.75) is 6.54 Å². The topological polar surface area (TPSA) is 41.6 Å². The van der Waals surface area contributed by atoms with E-state index in [1.54, 1.807) is 4.57 Å². The van der Waals surface area contributed by atoms with Crippen LogP contribution >= 0.6 is 0 Å². The molecule has 2 aromatic carbocycles. The maximum absolute atomic E-state index is 13.0. The van der Waals surface area contributed by atoms with E-state index in [0.29, 0.717) is 12.1 Å². The minimum absolute atomic E-state index is 0.208. The van der Waals surface area contributed by atoms with Crippen LogP contribution in [-0.4, -0.2) is 42.2 Å². The second-order valence-electron chi connectivity index (χ2n) is 6.29. The van der Waals surface area contributed by atoms with Gasteiger partial charge in [-0.1, -0.05) is 12.1 Å². The fourth-order valence-corrected chi connectivity index (χ4v) is 3.35. The summed E-state index contributed by atoms with van der Waals surface area (Å²) in [6.45, 7) is 5.05. The van der Waals surface area contributed by atoms with Gasteiger partial charge in [0.05, 0.1) is 5.52 Å². The van der Waals surface area contributed by atoms with Crippen molar-refractivity contribution in [1.82, 2.24) is 9.47 Å². The van der Waals surface area contributed by atoms with Crippen molar-refractivity contribution in [1.29, 1.82) is 0 Å². The van der Waals surface area contributed by atoms with E-state index in [9.17, 15) is 9.18 Å². The van der Waals surface area contributed by atoms with Crippen molar-refractivity contribution in [2.24, 2.45) is 0 Å². The van der Waals surface area contributed by atoms with Crippen molar-refractivity contribution >= 4 is 16.8 Å². The molecule has 1 aliphatic heterocycles. The van der Waals surface area contributed by atoms with Crippen molar-refractivity contribution in [3.63, 3.8) is 0 Å². The van der Waals surface area contributed by atoms with E-state index in [4.69, 9.17) is 4.42 Å². The minimum Gasteiger partial charge on any atom is -0.408 e. The smallest absolute Gasteiger partial charge is 0.408 e. The minimum atomic E-state index is -0.300. The van der Waals surface area contributed by atoms with Gasteiger partial charge in [-0.3, -0.25) is 9.47 Å². The summed E-state index contributed by atoms with van der Waals surface area (Å²) in [6.07, 6.45) is 0. The van der Waals surface area contributed by atoms with Crippen LogP contribution in [0.4, 0.5) is 10.1 Å². The van der Waals surface area contributed by atoms with E-state index in [2.05, 4.69) is 9.80 Å². The Morgan fingerprint density at radius 1 is 0.920 bits per heavy atom.